The molecule has 1 N–H and O–H groups in total. The van der Waals surface area contributed by atoms with Crippen LogP contribution in [0.4, 0.5) is 11.4 Å². The van der Waals surface area contributed by atoms with E-state index in [2.05, 4.69) is 15.5 Å². The molecule has 1 amide bonds. The van der Waals surface area contributed by atoms with E-state index < -0.39 is 10.8 Å². The van der Waals surface area contributed by atoms with Gasteiger partial charge in [0.1, 0.15) is 0 Å². The SMILES string of the molecule is CCc1nnc(SCC(=O)Nc2c(Cl)cc([N+](=O)[O-])cc2Cl)o1. The quantitative estimate of drug-likeness (QED) is 0.465. The van der Waals surface area contributed by atoms with Gasteiger partial charge in [-0.2, -0.15) is 0 Å². The molecule has 0 spiro atoms. The minimum absolute atomic E-state index is 0.00497. The van der Waals surface area contributed by atoms with Crippen molar-refractivity contribution < 1.29 is 14.1 Å². The van der Waals surface area contributed by atoms with E-state index in [0.717, 1.165) is 23.9 Å². The smallest absolute Gasteiger partial charge is 0.277 e. The zero-order valence-corrected chi connectivity index (χ0v) is 14.0. The zero-order chi connectivity index (χ0) is 17.0. The third-order valence-corrected chi connectivity index (χ3v) is 3.99. The summed E-state index contributed by atoms with van der Waals surface area (Å²) in [5, 5.41) is 21.0. The Morgan fingerprint density at radius 2 is 2.04 bits per heavy atom. The number of hydrogen-bond donors (Lipinski definition) is 1. The fourth-order valence-electron chi connectivity index (χ4n) is 1.53. The van der Waals surface area contributed by atoms with E-state index in [-0.39, 0.29) is 32.4 Å². The molecule has 0 saturated carbocycles. The zero-order valence-electron chi connectivity index (χ0n) is 11.7. The van der Waals surface area contributed by atoms with Crippen molar-refractivity contribution in [2.45, 2.75) is 18.6 Å². The van der Waals surface area contributed by atoms with Gasteiger partial charge >= 0.3 is 0 Å². The first-order valence-electron chi connectivity index (χ1n) is 6.29. The van der Waals surface area contributed by atoms with E-state index in [1.165, 1.54) is 0 Å². The third kappa shape index (κ3) is 4.57. The van der Waals surface area contributed by atoms with Gasteiger partial charge in [-0.3, -0.25) is 14.9 Å². The topological polar surface area (TPSA) is 111 Å². The van der Waals surface area contributed by atoms with Crippen LogP contribution in [0.25, 0.3) is 0 Å². The van der Waals surface area contributed by atoms with Crippen molar-refractivity contribution in [3.05, 3.63) is 38.2 Å². The number of amides is 1. The van der Waals surface area contributed by atoms with Crippen molar-refractivity contribution in [2.24, 2.45) is 0 Å². The van der Waals surface area contributed by atoms with Gasteiger partial charge in [-0.05, 0) is 0 Å². The van der Waals surface area contributed by atoms with Gasteiger partial charge in [-0.25, -0.2) is 0 Å². The Bertz CT molecular complexity index is 729. The standard InChI is InChI=1S/C12H10Cl2N4O4S/c1-2-10-16-17-12(22-10)23-5-9(19)15-11-7(13)3-6(18(20)21)4-8(11)14/h3-4H,2,5H2,1H3,(H,15,19). The highest BCUT2D eigenvalue weighted by Gasteiger charge is 2.17. The first kappa shape index (κ1) is 17.5. The minimum atomic E-state index is -0.625. The number of nitrogens with one attached hydrogen (secondary N) is 1. The summed E-state index contributed by atoms with van der Waals surface area (Å²) in [5.41, 5.74) is -0.144. The molecule has 0 aliphatic rings. The molecule has 2 rings (SSSR count). The summed E-state index contributed by atoms with van der Waals surface area (Å²) < 4.78 is 5.26. The number of thioether (sulfide) groups is 1. The highest BCUT2D eigenvalue weighted by molar-refractivity contribution is 7.99. The van der Waals surface area contributed by atoms with Gasteiger partial charge < -0.3 is 9.73 Å². The molecular weight excluding hydrogens is 367 g/mol. The average Bonchev–Trinajstić information content (AvgIpc) is 2.96. The van der Waals surface area contributed by atoms with Gasteiger partial charge in [0.15, 0.2) is 0 Å². The van der Waals surface area contributed by atoms with E-state index in [0.29, 0.717) is 12.3 Å². The van der Waals surface area contributed by atoms with Crippen molar-refractivity contribution in [3.8, 4) is 0 Å². The normalized spacial score (nSPS) is 10.6. The number of aryl methyl sites for hydroxylation is 1. The number of nitrogens with zero attached hydrogens (tertiary/aromatic N) is 3. The van der Waals surface area contributed by atoms with Crippen LogP contribution < -0.4 is 5.32 Å². The van der Waals surface area contributed by atoms with Gasteiger partial charge in [0.05, 0.1) is 26.4 Å². The van der Waals surface area contributed by atoms with Crippen LogP contribution in [-0.2, 0) is 11.2 Å². The molecule has 0 saturated heterocycles. The molecule has 0 aliphatic heterocycles. The molecule has 0 atom stereocenters. The van der Waals surface area contributed by atoms with E-state index in [4.69, 9.17) is 27.6 Å². The first-order chi connectivity index (χ1) is 10.9. The predicted molar refractivity (Wildman–Crippen MR) is 86.1 cm³/mol. The predicted octanol–water partition coefficient (Wildman–Crippen LogP) is 3.58. The van der Waals surface area contributed by atoms with Crippen LogP contribution in [0.15, 0.2) is 21.8 Å². The highest BCUT2D eigenvalue weighted by atomic mass is 35.5. The lowest BCUT2D eigenvalue weighted by molar-refractivity contribution is -0.384. The molecule has 1 aromatic heterocycles. The Balaban J connectivity index is 2.01. The van der Waals surface area contributed by atoms with Crippen molar-refractivity contribution in [1.29, 1.82) is 0 Å². The van der Waals surface area contributed by atoms with Crippen LogP contribution in [-0.4, -0.2) is 26.8 Å². The Hall–Kier alpha value is -1.84. The van der Waals surface area contributed by atoms with E-state index in [9.17, 15) is 14.9 Å². The molecule has 0 bridgehead atoms. The van der Waals surface area contributed by atoms with Gasteiger partial charge in [0.2, 0.25) is 11.8 Å². The van der Waals surface area contributed by atoms with E-state index in [1.807, 2.05) is 6.92 Å². The number of aromatic nitrogens is 2. The maximum absolute atomic E-state index is 11.9. The molecule has 122 valence electrons. The van der Waals surface area contributed by atoms with Crippen molar-refractivity contribution in [2.75, 3.05) is 11.1 Å². The Morgan fingerprint density at radius 3 is 2.57 bits per heavy atom. The summed E-state index contributed by atoms with van der Waals surface area (Å²) in [6, 6.07) is 2.23. The molecule has 0 unspecified atom stereocenters. The number of carbonyl (C=O) groups is 1. The summed E-state index contributed by atoms with van der Waals surface area (Å²) in [4.78, 5) is 22.0. The largest absolute Gasteiger partial charge is 0.416 e. The fourth-order valence-corrected chi connectivity index (χ4v) is 2.68. The molecule has 1 heterocycles. The van der Waals surface area contributed by atoms with Crippen molar-refractivity contribution in [1.82, 2.24) is 10.2 Å². The summed E-state index contributed by atoms with van der Waals surface area (Å²) in [6.45, 7) is 1.87. The number of hydrogen-bond acceptors (Lipinski definition) is 7. The Kier molecular flexibility index (Phi) is 5.80. The molecule has 0 fully saturated rings. The van der Waals surface area contributed by atoms with Crippen LogP contribution in [0.5, 0.6) is 0 Å². The first-order valence-corrected chi connectivity index (χ1v) is 8.03. The van der Waals surface area contributed by atoms with Gasteiger partial charge in [0.25, 0.3) is 10.9 Å². The van der Waals surface area contributed by atoms with Crippen molar-refractivity contribution in [3.63, 3.8) is 0 Å². The van der Waals surface area contributed by atoms with E-state index >= 15 is 0 Å². The van der Waals surface area contributed by atoms with Crippen molar-refractivity contribution >= 4 is 52.2 Å². The van der Waals surface area contributed by atoms with E-state index in [1.54, 1.807) is 0 Å². The number of nitro benzene ring substituents is 1. The van der Waals surface area contributed by atoms with Crippen LogP contribution in [0.1, 0.15) is 12.8 Å². The number of halogens is 2. The molecule has 0 aliphatic carbocycles. The molecule has 2 aromatic rings. The molecule has 0 radical (unpaired) electrons. The summed E-state index contributed by atoms with van der Waals surface area (Å²) in [5.74, 6) is 0.0629. The monoisotopic (exact) mass is 376 g/mol. The molecule has 8 nitrogen and oxygen atoms in total. The van der Waals surface area contributed by atoms with Crippen LogP contribution in [0, 0.1) is 10.1 Å². The van der Waals surface area contributed by atoms with Crippen LogP contribution in [0.3, 0.4) is 0 Å². The highest BCUT2D eigenvalue weighted by Crippen LogP contribution is 2.34. The number of benzene rings is 1. The lowest BCUT2D eigenvalue weighted by atomic mass is 10.3. The number of carbonyl (C=O) groups excluding carboxylic acids is 1. The number of anilines is 1. The second-order valence-corrected chi connectivity index (χ2v) is 5.93. The summed E-state index contributed by atoms with van der Waals surface area (Å²) in [7, 11) is 0. The summed E-state index contributed by atoms with van der Waals surface area (Å²) in [6.07, 6.45) is 0.605. The molecule has 11 heteroatoms. The average molecular weight is 377 g/mol. The maximum Gasteiger partial charge on any atom is 0.277 e. The fraction of sp³-hybridized carbons (Fsp3) is 0.250. The second kappa shape index (κ2) is 7.62. The number of rotatable bonds is 6. The van der Waals surface area contributed by atoms with Gasteiger partial charge in [-0.1, -0.05) is 41.9 Å². The molecule has 1 aromatic carbocycles. The number of non-ortho nitro benzene ring substituents is 1. The minimum Gasteiger partial charge on any atom is -0.416 e. The van der Waals surface area contributed by atoms with Crippen LogP contribution in [0.2, 0.25) is 10.0 Å². The Labute approximate surface area is 144 Å². The second-order valence-electron chi connectivity index (χ2n) is 4.19. The van der Waals surface area contributed by atoms with Gasteiger partial charge in [0, 0.05) is 18.6 Å². The molecule has 23 heavy (non-hydrogen) atoms. The lowest BCUT2D eigenvalue weighted by Crippen LogP contribution is -2.14. The van der Waals surface area contributed by atoms with Gasteiger partial charge in [-0.15, -0.1) is 10.2 Å². The third-order valence-electron chi connectivity index (χ3n) is 2.58. The van der Waals surface area contributed by atoms with Crippen LogP contribution >= 0.6 is 35.0 Å². The lowest BCUT2D eigenvalue weighted by Gasteiger charge is -2.08. The number of nitro groups is 1. The molecular formula is C12H10Cl2N4O4S. The Morgan fingerprint density at radius 1 is 1.39 bits per heavy atom. The summed E-state index contributed by atoms with van der Waals surface area (Å²) >= 11 is 12.9. The maximum atomic E-state index is 11.9.